The Morgan fingerprint density at radius 2 is 1.82 bits per heavy atom. The standard InChI is InChI=1S/C27H32N2O4S/c1-16-12-17(2)15-29(14-16)25(20-7-8-21-23(13-20)33-11-10-32-21)24-18(3)19(4)34-27(24)28-26(30)22-6-5-9-31-22/h5-9,13,16-17,25H,10-12,14-15H2,1-4H3,(H,28,30)/t16-,17-,25-/m1/s1. The molecular weight excluding hydrogens is 448 g/mol. The molecule has 2 aliphatic rings. The van der Waals surface area contributed by atoms with Gasteiger partial charge in [0.05, 0.1) is 12.3 Å². The number of amides is 1. The minimum atomic E-state index is -0.228. The van der Waals surface area contributed by atoms with E-state index >= 15 is 0 Å². The van der Waals surface area contributed by atoms with Gasteiger partial charge in [-0.25, -0.2) is 0 Å². The van der Waals surface area contributed by atoms with Crippen LogP contribution in [0.3, 0.4) is 0 Å². The predicted molar refractivity (Wildman–Crippen MR) is 134 cm³/mol. The molecule has 6 nitrogen and oxygen atoms in total. The fraction of sp³-hybridized carbons (Fsp3) is 0.444. The van der Waals surface area contributed by atoms with E-state index in [-0.39, 0.29) is 11.9 Å². The molecule has 3 aromatic rings. The molecule has 7 heteroatoms. The van der Waals surface area contributed by atoms with Gasteiger partial charge < -0.3 is 19.2 Å². The van der Waals surface area contributed by atoms with Crippen molar-refractivity contribution in [2.75, 3.05) is 31.6 Å². The van der Waals surface area contributed by atoms with E-state index in [1.54, 1.807) is 23.5 Å². The van der Waals surface area contributed by atoms with Gasteiger partial charge >= 0.3 is 0 Å². The van der Waals surface area contributed by atoms with E-state index in [0.29, 0.717) is 30.8 Å². The zero-order valence-electron chi connectivity index (χ0n) is 20.2. The second-order valence-corrected chi connectivity index (χ2v) is 10.9. The fourth-order valence-electron chi connectivity index (χ4n) is 5.35. The Morgan fingerprint density at radius 1 is 1.09 bits per heavy atom. The van der Waals surface area contributed by atoms with Crippen molar-refractivity contribution in [3.05, 3.63) is 63.9 Å². The van der Waals surface area contributed by atoms with Gasteiger partial charge in [0.2, 0.25) is 0 Å². The SMILES string of the molecule is Cc1sc(NC(=O)c2ccco2)c([C@@H](c2ccc3c(c2)OCCO3)N2C[C@H](C)C[C@@H](C)C2)c1C. The molecule has 0 radical (unpaired) electrons. The van der Waals surface area contributed by atoms with Gasteiger partial charge in [0.1, 0.15) is 18.2 Å². The molecule has 1 saturated heterocycles. The summed E-state index contributed by atoms with van der Waals surface area (Å²) in [6.07, 6.45) is 2.75. The highest BCUT2D eigenvalue weighted by Crippen LogP contribution is 2.45. The van der Waals surface area contributed by atoms with Crippen molar-refractivity contribution in [2.45, 2.75) is 40.2 Å². The van der Waals surface area contributed by atoms with E-state index in [9.17, 15) is 4.79 Å². The molecule has 0 saturated carbocycles. The van der Waals surface area contributed by atoms with E-state index in [0.717, 1.165) is 40.7 Å². The number of anilines is 1. The molecule has 0 spiro atoms. The number of likely N-dealkylation sites (tertiary alicyclic amines) is 1. The van der Waals surface area contributed by atoms with Crippen LogP contribution < -0.4 is 14.8 Å². The third-order valence-corrected chi connectivity index (χ3v) is 7.96. The van der Waals surface area contributed by atoms with E-state index in [1.165, 1.54) is 23.1 Å². The summed E-state index contributed by atoms with van der Waals surface area (Å²) >= 11 is 1.63. The predicted octanol–water partition coefficient (Wildman–Crippen LogP) is 6.05. The number of piperidine rings is 1. The third-order valence-electron chi connectivity index (χ3n) is 6.82. The van der Waals surface area contributed by atoms with Crippen LogP contribution in [-0.2, 0) is 0 Å². The average molecular weight is 481 g/mol. The van der Waals surface area contributed by atoms with Crippen LogP contribution in [0.25, 0.3) is 0 Å². The van der Waals surface area contributed by atoms with Crippen LogP contribution in [0.4, 0.5) is 5.00 Å². The fourth-order valence-corrected chi connectivity index (χ4v) is 6.44. The molecule has 1 aromatic carbocycles. The minimum Gasteiger partial charge on any atom is -0.486 e. The Morgan fingerprint density at radius 3 is 2.53 bits per heavy atom. The Balaban J connectivity index is 1.60. The lowest BCUT2D eigenvalue weighted by Crippen LogP contribution is -2.41. The van der Waals surface area contributed by atoms with Crippen LogP contribution in [0.15, 0.2) is 41.0 Å². The zero-order chi connectivity index (χ0) is 23.8. The first-order chi connectivity index (χ1) is 16.4. The van der Waals surface area contributed by atoms with E-state index in [4.69, 9.17) is 13.9 Å². The van der Waals surface area contributed by atoms with Gasteiger partial charge in [-0.2, -0.15) is 0 Å². The van der Waals surface area contributed by atoms with Gasteiger partial charge in [-0.05, 0) is 67.5 Å². The van der Waals surface area contributed by atoms with E-state index in [1.807, 2.05) is 6.07 Å². The number of carbonyl (C=O) groups is 1. The average Bonchev–Trinajstić information content (AvgIpc) is 3.44. The summed E-state index contributed by atoms with van der Waals surface area (Å²) in [6, 6.07) is 9.70. The Bertz CT molecular complexity index is 1160. The number of rotatable bonds is 5. The lowest BCUT2D eigenvalue weighted by atomic mass is 9.87. The molecule has 1 fully saturated rings. The van der Waals surface area contributed by atoms with Gasteiger partial charge in [-0.15, -0.1) is 11.3 Å². The number of ether oxygens (including phenoxy) is 2. The van der Waals surface area contributed by atoms with E-state index < -0.39 is 0 Å². The summed E-state index contributed by atoms with van der Waals surface area (Å²) in [4.78, 5) is 16.7. The highest BCUT2D eigenvalue weighted by atomic mass is 32.1. The molecule has 1 N–H and O–H groups in total. The number of benzene rings is 1. The first kappa shape index (κ1) is 23.0. The summed E-state index contributed by atoms with van der Waals surface area (Å²) in [6.45, 7) is 12.1. The van der Waals surface area contributed by atoms with Crippen molar-refractivity contribution in [1.82, 2.24) is 4.90 Å². The largest absolute Gasteiger partial charge is 0.486 e. The normalized spacial score (nSPS) is 21.3. The molecule has 1 amide bonds. The lowest BCUT2D eigenvalue weighted by molar-refractivity contribution is 0.0995. The molecule has 4 heterocycles. The third kappa shape index (κ3) is 4.46. The molecule has 3 atom stereocenters. The molecule has 2 aliphatic heterocycles. The summed E-state index contributed by atoms with van der Waals surface area (Å²) in [5, 5.41) is 4.03. The first-order valence-electron chi connectivity index (χ1n) is 12.0. The molecule has 5 rings (SSSR count). The van der Waals surface area contributed by atoms with E-state index in [2.05, 4.69) is 50.0 Å². The Hall–Kier alpha value is -2.77. The van der Waals surface area contributed by atoms with Crippen LogP contribution in [0.5, 0.6) is 11.5 Å². The van der Waals surface area contributed by atoms with Crippen molar-refractivity contribution < 1.29 is 18.7 Å². The van der Waals surface area contributed by atoms with Gasteiger partial charge in [0.25, 0.3) is 5.91 Å². The second kappa shape index (κ2) is 9.47. The van der Waals surface area contributed by atoms with Crippen molar-refractivity contribution in [3.63, 3.8) is 0 Å². The topological polar surface area (TPSA) is 63.9 Å². The number of thiophene rings is 1. The van der Waals surface area contributed by atoms with Crippen LogP contribution >= 0.6 is 11.3 Å². The van der Waals surface area contributed by atoms with Gasteiger partial charge in [0.15, 0.2) is 17.3 Å². The number of aryl methyl sites for hydroxylation is 1. The molecule has 0 bridgehead atoms. The number of fused-ring (bicyclic) bond motifs is 1. The zero-order valence-corrected chi connectivity index (χ0v) is 21.0. The number of nitrogens with zero attached hydrogens (tertiary/aromatic N) is 1. The molecule has 2 aromatic heterocycles. The van der Waals surface area contributed by atoms with Crippen LogP contribution in [0.2, 0.25) is 0 Å². The number of nitrogens with one attached hydrogen (secondary N) is 1. The maximum absolute atomic E-state index is 12.9. The molecule has 34 heavy (non-hydrogen) atoms. The van der Waals surface area contributed by atoms with Crippen molar-refractivity contribution in [3.8, 4) is 11.5 Å². The Kier molecular flexibility index (Phi) is 6.40. The molecular formula is C27H32N2O4S. The molecule has 0 unspecified atom stereocenters. The smallest absolute Gasteiger partial charge is 0.291 e. The first-order valence-corrected chi connectivity index (χ1v) is 12.8. The number of carbonyl (C=O) groups excluding carboxylic acids is 1. The van der Waals surface area contributed by atoms with Gasteiger partial charge in [-0.3, -0.25) is 9.69 Å². The maximum Gasteiger partial charge on any atom is 0.291 e. The quantitative estimate of drug-likeness (QED) is 0.482. The van der Waals surface area contributed by atoms with Crippen molar-refractivity contribution >= 4 is 22.2 Å². The van der Waals surface area contributed by atoms with Crippen LogP contribution in [0, 0.1) is 25.7 Å². The Labute approximate surface area is 204 Å². The second-order valence-electron chi connectivity index (χ2n) is 9.66. The van der Waals surface area contributed by atoms with Crippen molar-refractivity contribution in [1.29, 1.82) is 0 Å². The van der Waals surface area contributed by atoms with Crippen LogP contribution in [0.1, 0.15) is 58.4 Å². The number of hydrogen-bond acceptors (Lipinski definition) is 6. The highest BCUT2D eigenvalue weighted by molar-refractivity contribution is 7.16. The lowest BCUT2D eigenvalue weighted by Gasteiger charge is -2.41. The maximum atomic E-state index is 12.9. The highest BCUT2D eigenvalue weighted by Gasteiger charge is 2.34. The van der Waals surface area contributed by atoms with Gasteiger partial charge in [0, 0.05) is 23.5 Å². The summed E-state index contributed by atoms with van der Waals surface area (Å²) in [5.74, 6) is 2.87. The summed E-state index contributed by atoms with van der Waals surface area (Å²) in [7, 11) is 0. The van der Waals surface area contributed by atoms with Crippen LogP contribution in [-0.4, -0.2) is 37.1 Å². The molecule has 0 aliphatic carbocycles. The summed E-state index contributed by atoms with van der Waals surface area (Å²) in [5.41, 5.74) is 3.52. The van der Waals surface area contributed by atoms with Gasteiger partial charge in [-0.1, -0.05) is 19.9 Å². The number of furan rings is 1. The minimum absolute atomic E-state index is 0.00197. The molecule has 180 valence electrons. The summed E-state index contributed by atoms with van der Waals surface area (Å²) < 4.78 is 17.1. The monoisotopic (exact) mass is 480 g/mol. The van der Waals surface area contributed by atoms with Crippen molar-refractivity contribution in [2.24, 2.45) is 11.8 Å². The number of hydrogen-bond donors (Lipinski definition) is 1.